The molecule has 4 heteroatoms. The van der Waals surface area contributed by atoms with Gasteiger partial charge in [-0.2, -0.15) is 0 Å². The van der Waals surface area contributed by atoms with Crippen LogP contribution in [-0.2, 0) is 9.59 Å². The first-order chi connectivity index (χ1) is 8.44. The number of hydrogen-bond acceptors (Lipinski definition) is 2. The zero-order chi connectivity index (χ0) is 13.4. The van der Waals surface area contributed by atoms with Crippen LogP contribution in [-0.4, -0.2) is 34.3 Å². The lowest BCUT2D eigenvalue weighted by Crippen LogP contribution is -2.73. The van der Waals surface area contributed by atoms with Crippen molar-refractivity contribution >= 4 is 11.8 Å². The van der Waals surface area contributed by atoms with Crippen molar-refractivity contribution in [3.8, 4) is 0 Å². The zero-order valence-corrected chi connectivity index (χ0v) is 11.7. The van der Waals surface area contributed by atoms with Gasteiger partial charge < -0.3 is 10.2 Å². The highest BCUT2D eigenvalue weighted by atomic mass is 16.2. The van der Waals surface area contributed by atoms with Crippen molar-refractivity contribution in [3.05, 3.63) is 0 Å². The van der Waals surface area contributed by atoms with Gasteiger partial charge in [0.2, 0.25) is 11.8 Å². The minimum atomic E-state index is -0.708. The van der Waals surface area contributed by atoms with Gasteiger partial charge in [0.1, 0.15) is 11.1 Å². The lowest BCUT2D eigenvalue weighted by molar-refractivity contribution is -0.160. The number of rotatable bonds is 3. The van der Waals surface area contributed by atoms with Crippen LogP contribution in [0.1, 0.15) is 59.3 Å². The predicted molar refractivity (Wildman–Crippen MR) is 70.0 cm³/mol. The van der Waals surface area contributed by atoms with E-state index in [-0.39, 0.29) is 11.8 Å². The highest BCUT2D eigenvalue weighted by Crippen LogP contribution is 2.37. The van der Waals surface area contributed by atoms with Crippen LogP contribution in [0, 0.1) is 0 Å². The van der Waals surface area contributed by atoms with Crippen LogP contribution in [0.5, 0.6) is 0 Å². The molecule has 18 heavy (non-hydrogen) atoms. The molecular weight excluding hydrogens is 228 g/mol. The van der Waals surface area contributed by atoms with Gasteiger partial charge >= 0.3 is 0 Å². The molecule has 0 unspecified atom stereocenters. The van der Waals surface area contributed by atoms with Crippen LogP contribution in [0.2, 0.25) is 0 Å². The van der Waals surface area contributed by atoms with Crippen molar-refractivity contribution in [1.29, 1.82) is 0 Å². The molecule has 1 aliphatic carbocycles. The number of carbonyl (C=O) groups excluding carboxylic acids is 2. The number of nitrogens with zero attached hydrogens (tertiary/aromatic N) is 1. The fourth-order valence-corrected chi connectivity index (χ4v) is 3.07. The molecule has 0 atom stereocenters. The number of piperazine rings is 1. The molecule has 1 N–H and O–H groups in total. The SMILES string of the molecule is CCCCN1C(=O)C2(CCCC2)NC(=O)C1(C)C. The molecule has 1 heterocycles. The number of amides is 2. The predicted octanol–water partition coefficient (Wildman–Crippen LogP) is 1.84. The van der Waals surface area contributed by atoms with Crippen molar-refractivity contribution in [2.24, 2.45) is 0 Å². The van der Waals surface area contributed by atoms with Crippen LogP contribution in [0.15, 0.2) is 0 Å². The lowest BCUT2D eigenvalue weighted by atomic mass is 9.86. The minimum absolute atomic E-state index is 0.0000954. The molecule has 2 fully saturated rings. The number of hydrogen-bond donors (Lipinski definition) is 1. The maximum Gasteiger partial charge on any atom is 0.249 e. The Kier molecular flexibility index (Phi) is 3.39. The van der Waals surface area contributed by atoms with Gasteiger partial charge in [-0.05, 0) is 33.1 Å². The fraction of sp³-hybridized carbons (Fsp3) is 0.857. The lowest BCUT2D eigenvalue weighted by Gasteiger charge is -2.48. The molecule has 0 aromatic rings. The molecule has 0 radical (unpaired) electrons. The monoisotopic (exact) mass is 252 g/mol. The summed E-state index contributed by atoms with van der Waals surface area (Å²) in [6, 6.07) is 0. The largest absolute Gasteiger partial charge is 0.340 e. The topological polar surface area (TPSA) is 49.4 Å². The van der Waals surface area contributed by atoms with Crippen LogP contribution in [0.4, 0.5) is 0 Å². The van der Waals surface area contributed by atoms with Gasteiger partial charge in [-0.25, -0.2) is 0 Å². The Morgan fingerprint density at radius 3 is 2.39 bits per heavy atom. The van der Waals surface area contributed by atoms with E-state index in [1.54, 1.807) is 4.90 Å². The summed E-state index contributed by atoms with van der Waals surface area (Å²) in [5.41, 5.74) is -1.29. The molecule has 4 nitrogen and oxygen atoms in total. The van der Waals surface area contributed by atoms with Gasteiger partial charge in [0.25, 0.3) is 0 Å². The summed E-state index contributed by atoms with van der Waals surface area (Å²) in [5, 5.41) is 3.01. The quantitative estimate of drug-likeness (QED) is 0.833. The van der Waals surface area contributed by atoms with Gasteiger partial charge in [0, 0.05) is 6.54 Å². The Hall–Kier alpha value is -1.06. The standard InChI is InChI=1S/C14H24N2O2/c1-4-5-10-16-12(18)14(8-6-7-9-14)15-11(17)13(16,2)3/h4-10H2,1-3H3,(H,15,17). The van der Waals surface area contributed by atoms with E-state index in [1.807, 2.05) is 13.8 Å². The van der Waals surface area contributed by atoms with Crippen molar-refractivity contribution in [2.75, 3.05) is 6.54 Å². The molecule has 102 valence electrons. The van der Waals surface area contributed by atoms with E-state index in [0.717, 1.165) is 38.5 Å². The van der Waals surface area contributed by atoms with Crippen molar-refractivity contribution in [2.45, 2.75) is 70.4 Å². The van der Waals surface area contributed by atoms with Crippen molar-refractivity contribution in [1.82, 2.24) is 10.2 Å². The first-order valence-electron chi connectivity index (χ1n) is 7.09. The highest BCUT2D eigenvalue weighted by molar-refractivity contribution is 6.02. The molecule has 2 amide bonds. The Morgan fingerprint density at radius 2 is 1.83 bits per heavy atom. The molecule has 1 saturated heterocycles. The van der Waals surface area contributed by atoms with E-state index in [0.29, 0.717) is 6.54 Å². The summed E-state index contributed by atoms with van der Waals surface area (Å²) < 4.78 is 0. The van der Waals surface area contributed by atoms with Gasteiger partial charge in [0.15, 0.2) is 0 Å². The molecule has 0 aromatic heterocycles. The Labute approximate surface area is 109 Å². The second-order valence-electron chi connectivity index (χ2n) is 6.11. The third-order valence-electron chi connectivity index (χ3n) is 4.43. The van der Waals surface area contributed by atoms with E-state index in [2.05, 4.69) is 12.2 Å². The summed E-state index contributed by atoms with van der Waals surface area (Å²) in [6.07, 6.45) is 5.67. The van der Waals surface area contributed by atoms with E-state index < -0.39 is 11.1 Å². The maximum absolute atomic E-state index is 12.7. The minimum Gasteiger partial charge on any atom is -0.340 e. The van der Waals surface area contributed by atoms with Crippen LogP contribution < -0.4 is 5.32 Å². The molecule has 1 spiro atoms. The van der Waals surface area contributed by atoms with Crippen molar-refractivity contribution < 1.29 is 9.59 Å². The molecule has 2 aliphatic rings. The molecule has 1 saturated carbocycles. The van der Waals surface area contributed by atoms with Gasteiger partial charge in [0.05, 0.1) is 0 Å². The third-order valence-corrected chi connectivity index (χ3v) is 4.43. The third kappa shape index (κ3) is 1.91. The van der Waals surface area contributed by atoms with Crippen LogP contribution >= 0.6 is 0 Å². The first kappa shape index (κ1) is 13.4. The Bertz CT molecular complexity index is 357. The van der Waals surface area contributed by atoms with E-state index in [1.165, 1.54) is 0 Å². The molecule has 1 aliphatic heterocycles. The Morgan fingerprint density at radius 1 is 1.22 bits per heavy atom. The molecule has 2 rings (SSSR count). The molecular formula is C14H24N2O2. The van der Waals surface area contributed by atoms with Gasteiger partial charge in [-0.3, -0.25) is 9.59 Å². The maximum atomic E-state index is 12.7. The second kappa shape index (κ2) is 4.56. The zero-order valence-electron chi connectivity index (χ0n) is 11.7. The Balaban J connectivity index is 2.27. The summed E-state index contributed by atoms with van der Waals surface area (Å²) in [6.45, 7) is 6.49. The normalized spacial score (nSPS) is 25.6. The smallest absolute Gasteiger partial charge is 0.249 e. The van der Waals surface area contributed by atoms with E-state index in [4.69, 9.17) is 0 Å². The average Bonchev–Trinajstić information content (AvgIpc) is 2.77. The van der Waals surface area contributed by atoms with Gasteiger partial charge in [-0.15, -0.1) is 0 Å². The molecule has 0 aromatic carbocycles. The number of nitrogens with one attached hydrogen (secondary N) is 1. The summed E-state index contributed by atoms with van der Waals surface area (Å²) in [4.78, 5) is 26.8. The number of carbonyl (C=O) groups is 2. The van der Waals surface area contributed by atoms with Gasteiger partial charge in [-0.1, -0.05) is 26.2 Å². The first-order valence-corrected chi connectivity index (χ1v) is 7.09. The highest BCUT2D eigenvalue weighted by Gasteiger charge is 2.54. The van der Waals surface area contributed by atoms with Crippen molar-refractivity contribution in [3.63, 3.8) is 0 Å². The van der Waals surface area contributed by atoms with E-state index >= 15 is 0 Å². The number of unbranched alkanes of at least 4 members (excludes halogenated alkanes) is 1. The second-order valence-corrected chi connectivity index (χ2v) is 6.11. The molecule has 0 bridgehead atoms. The summed E-state index contributed by atoms with van der Waals surface area (Å²) in [5.74, 6) is 0.137. The van der Waals surface area contributed by atoms with E-state index in [9.17, 15) is 9.59 Å². The average molecular weight is 252 g/mol. The summed E-state index contributed by atoms with van der Waals surface area (Å²) in [7, 11) is 0. The fourth-order valence-electron chi connectivity index (χ4n) is 3.07. The van der Waals surface area contributed by atoms with Crippen LogP contribution in [0.3, 0.4) is 0 Å². The van der Waals surface area contributed by atoms with Crippen LogP contribution in [0.25, 0.3) is 0 Å². The summed E-state index contributed by atoms with van der Waals surface area (Å²) >= 11 is 0.